The Balaban J connectivity index is 1.70. The van der Waals surface area contributed by atoms with Crippen LogP contribution in [0.15, 0.2) is 33.4 Å². The fourth-order valence-electron chi connectivity index (χ4n) is 2.54. The molecule has 2 atom stereocenters. The Hall–Kier alpha value is -2.61. The van der Waals surface area contributed by atoms with Crippen LogP contribution in [-0.4, -0.2) is 41.4 Å². The number of ether oxygens (including phenoxy) is 1. The number of nitrogens with one attached hydrogen (secondary N) is 1. The van der Waals surface area contributed by atoms with E-state index in [0.29, 0.717) is 31.2 Å². The number of amides is 1. The van der Waals surface area contributed by atoms with Crippen LogP contribution in [-0.2, 0) is 9.53 Å². The largest absolute Gasteiger partial charge is 0.480 e. The predicted molar refractivity (Wildman–Crippen MR) is 76.6 cm³/mol. The molecule has 2 unspecified atom stereocenters. The topological polar surface area (TPSA) is 115 Å². The number of nitrogens with zero attached hydrogens (tertiary/aromatic N) is 1. The van der Waals surface area contributed by atoms with Crippen molar-refractivity contribution in [2.45, 2.75) is 18.9 Å². The molecule has 2 aromatic rings. The maximum absolute atomic E-state index is 12.2. The van der Waals surface area contributed by atoms with Gasteiger partial charge in [0, 0.05) is 18.6 Å². The van der Waals surface area contributed by atoms with Crippen molar-refractivity contribution in [3.8, 4) is 11.5 Å². The molecular weight excluding hydrogens is 304 g/mol. The van der Waals surface area contributed by atoms with Gasteiger partial charge in [0.2, 0.25) is 5.76 Å². The van der Waals surface area contributed by atoms with Crippen molar-refractivity contribution in [1.82, 2.24) is 10.5 Å². The number of carboxylic acids is 1. The highest BCUT2D eigenvalue weighted by atomic mass is 16.5. The molecule has 1 saturated heterocycles. The molecule has 0 spiro atoms. The second kappa shape index (κ2) is 6.66. The number of carbonyl (C=O) groups excluding carboxylic acids is 1. The minimum atomic E-state index is -1.09. The lowest BCUT2D eigenvalue weighted by Crippen LogP contribution is -2.48. The van der Waals surface area contributed by atoms with Gasteiger partial charge >= 0.3 is 5.97 Å². The molecule has 0 bridgehead atoms. The van der Waals surface area contributed by atoms with E-state index in [0.717, 1.165) is 6.42 Å². The molecule has 122 valence electrons. The minimum absolute atomic E-state index is 0.000576. The molecule has 0 saturated carbocycles. The van der Waals surface area contributed by atoms with Crippen LogP contribution < -0.4 is 5.32 Å². The summed E-state index contributed by atoms with van der Waals surface area (Å²) in [5.41, 5.74) is -0.000576. The highest BCUT2D eigenvalue weighted by Crippen LogP contribution is 2.21. The molecule has 2 N–H and O–H groups in total. The van der Waals surface area contributed by atoms with Crippen molar-refractivity contribution >= 4 is 11.9 Å². The Morgan fingerprint density at radius 2 is 2.26 bits per heavy atom. The summed E-state index contributed by atoms with van der Waals surface area (Å²) in [5, 5.41) is 15.5. The number of furan rings is 1. The fourth-order valence-corrected chi connectivity index (χ4v) is 2.54. The van der Waals surface area contributed by atoms with Crippen molar-refractivity contribution in [2.24, 2.45) is 5.92 Å². The van der Waals surface area contributed by atoms with Crippen LogP contribution in [0.3, 0.4) is 0 Å². The van der Waals surface area contributed by atoms with Crippen LogP contribution in [0.2, 0.25) is 0 Å². The molecule has 8 heteroatoms. The first-order valence-electron chi connectivity index (χ1n) is 7.27. The summed E-state index contributed by atoms with van der Waals surface area (Å²) in [7, 11) is 0. The zero-order valence-electron chi connectivity index (χ0n) is 12.2. The van der Waals surface area contributed by atoms with Gasteiger partial charge in [-0.05, 0) is 25.0 Å². The lowest BCUT2D eigenvalue weighted by Gasteiger charge is -2.27. The van der Waals surface area contributed by atoms with Crippen molar-refractivity contribution < 1.29 is 28.4 Å². The van der Waals surface area contributed by atoms with Gasteiger partial charge in [-0.25, -0.2) is 4.79 Å². The first kappa shape index (κ1) is 15.3. The Morgan fingerprint density at radius 1 is 1.39 bits per heavy atom. The SMILES string of the molecule is O=C(NC(C(=O)O)C1CCCOC1)c1cc(-c2ccco2)on1. The number of carbonyl (C=O) groups is 2. The van der Waals surface area contributed by atoms with Crippen LogP contribution in [0.4, 0.5) is 0 Å². The van der Waals surface area contributed by atoms with Crippen molar-refractivity contribution in [2.75, 3.05) is 13.2 Å². The zero-order chi connectivity index (χ0) is 16.2. The van der Waals surface area contributed by atoms with Crippen LogP contribution in [0.1, 0.15) is 23.3 Å². The second-order valence-electron chi connectivity index (χ2n) is 5.32. The van der Waals surface area contributed by atoms with Crippen LogP contribution in [0.5, 0.6) is 0 Å². The quantitative estimate of drug-likeness (QED) is 0.858. The summed E-state index contributed by atoms with van der Waals surface area (Å²) in [4.78, 5) is 23.6. The Labute approximate surface area is 131 Å². The van der Waals surface area contributed by atoms with Gasteiger partial charge in [0.25, 0.3) is 5.91 Å². The van der Waals surface area contributed by atoms with E-state index in [-0.39, 0.29) is 11.6 Å². The standard InChI is InChI=1S/C15H16N2O6/c18-14(10-7-12(23-17-10)11-4-2-6-22-11)16-13(15(19)20)9-3-1-5-21-8-9/h2,4,6-7,9,13H,1,3,5,8H2,(H,16,18)(H,19,20). The minimum Gasteiger partial charge on any atom is -0.480 e. The molecule has 2 aromatic heterocycles. The molecule has 8 nitrogen and oxygen atoms in total. The molecule has 0 radical (unpaired) electrons. The summed E-state index contributed by atoms with van der Waals surface area (Å²) in [6, 6.07) is 3.74. The molecule has 3 rings (SSSR count). The smallest absolute Gasteiger partial charge is 0.326 e. The number of hydrogen-bond donors (Lipinski definition) is 2. The van der Waals surface area contributed by atoms with Gasteiger partial charge in [-0.1, -0.05) is 5.16 Å². The molecule has 1 fully saturated rings. The zero-order valence-corrected chi connectivity index (χ0v) is 12.2. The van der Waals surface area contributed by atoms with Gasteiger partial charge in [-0.2, -0.15) is 0 Å². The number of rotatable bonds is 5. The van der Waals surface area contributed by atoms with E-state index in [1.165, 1.54) is 12.3 Å². The average Bonchev–Trinajstić information content (AvgIpc) is 3.23. The highest BCUT2D eigenvalue weighted by Gasteiger charge is 2.32. The Bertz CT molecular complexity index is 672. The third-order valence-corrected chi connectivity index (χ3v) is 3.73. The molecule has 1 aliphatic rings. The summed E-state index contributed by atoms with van der Waals surface area (Å²) < 4.78 is 15.5. The summed E-state index contributed by atoms with van der Waals surface area (Å²) in [5.74, 6) is -1.23. The number of hydrogen-bond acceptors (Lipinski definition) is 6. The lowest BCUT2D eigenvalue weighted by molar-refractivity contribution is -0.142. The molecule has 3 heterocycles. The Morgan fingerprint density at radius 3 is 2.91 bits per heavy atom. The fraction of sp³-hybridized carbons (Fsp3) is 0.400. The van der Waals surface area contributed by atoms with Gasteiger partial charge < -0.3 is 24.1 Å². The monoisotopic (exact) mass is 320 g/mol. The summed E-state index contributed by atoms with van der Waals surface area (Å²) >= 11 is 0. The van der Waals surface area contributed by atoms with E-state index in [1.807, 2.05) is 0 Å². The van der Waals surface area contributed by atoms with Crippen molar-refractivity contribution in [1.29, 1.82) is 0 Å². The van der Waals surface area contributed by atoms with Crippen molar-refractivity contribution in [3.63, 3.8) is 0 Å². The van der Waals surface area contributed by atoms with Gasteiger partial charge in [-0.3, -0.25) is 4.79 Å². The maximum Gasteiger partial charge on any atom is 0.326 e. The molecule has 1 amide bonds. The maximum atomic E-state index is 12.2. The summed E-state index contributed by atoms with van der Waals surface area (Å²) in [6.07, 6.45) is 2.94. The van der Waals surface area contributed by atoms with E-state index in [9.17, 15) is 14.7 Å². The molecule has 0 aliphatic carbocycles. The second-order valence-corrected chi connectivity index (χ2v) is 5.32. The van der Waals surface area contributed by atoms with Crippen LogP contribution >= 0.6 is 0 Å². The molecule has 1 aliphatic heterocycles. The lowest BCUT2D eigenvalue weighted by atomic mass is 9.93. The summed E-state index contributed by atoms with van der Waals surface area (Å²) in [6.45, 7) is 0.931. The number of aromatic nitrogens is 1. The average molecular weight is 320 g/mol. The number of carboxylic acid groups (broad SMARTS) is 1. The molecule has 0 aromatic carbocycles. The predicted octanol–water partition coefficient (Wildman–Crippen LogP) is 1.54. The van der Waals surface area contributed by atoms with E-state index in [1.54, 1.807) is 12.1 Å². The van der Waals surface area contributed by atoms with Gasteiger partial charge in [0.1, 0.15) is 6.04 Å². The molecular formula is C15H16N2O6. The van der Waals surface area contributed by atoms with Crippen LogP contribution in [0, 0.1) is 5.92 Å². The van der Waals surface area contributed by atoms with Gasteiger partial charge in [0.05, 0.1) is 12.9 Å². The third kappa shape index (κ3) is 3.42. The highest BCUT2D eigenvalue weighted by molar-refractivity contribution is 5.95. The normalized spacial score (nSPS) is 19.2. The first-order chi connectivity index (χ1) is 11.1. The van der Waals surface area contributed by atoms with E-state index >= 15 is 0 Å². The van der Waals surface area contributed by atoms with Gasteiger partial charge in [-0.15, -0.1) is 0 Å². The molecule has 23 heavy (non-hydrogen) atoms. The van der Waals surface area contributed by atoms with Gasteiger partial charge in [0.15, 0.2) is 11.5 Å². The van der Waals surface area contributed by atoms with E-state index in [4.69, 9.17) is 13.7 Å². The first-order valence-corrected chi connectivity index (χ1v) is 7.27. The Kier molecular flexibility index (Phi) is 4.42. The number of aliphatic carboxylic acids is 1. The van der Waals surface area contributed by atoms with E-state index < -0.39 is 17.9 Å². The van der Waals surface area contributed by atoms with Crippen molar-refractivity contribution in [3.05, 3.63) is 30.2 Å². The van der Waals surface area contributed by atoms with E-state index in [2.05, 4.69) is 10.5 Å². The van der Waals surface area contributed by atoms with Crippen LogP contribution in [0.25, 0.3) is 11.5 Å². The third-order valence-electron chi connectivity index (χ3n) is 3.73.